The Kier molecular flexibility index (Phi) is 8.24. The van der Waals surface area contributed by atoms with Crippen molar-refractivity contribution in [2.45, 2.75) is 12.5 Å². The van der Waals surface area contributed by atoms with Gasteiger partial charge >= 0.3 is 0 Å². The van der Waals surface area contributed by atoms with Gasteiger partial charge in [0.1, 0.15) is 0 Å². The number of amides is 1. The Labute approximate surface area is 205 Å². The molecule has 35 heavy (non-hydrogen) atoms. The zero-order chi connectivity index (χ0) is 25.7. The van der Waals surface area contributed by atoms with Crippen molar-refractivity contribution < 1.29 is 38.5 Å². The number of likely N-dealkylation sites (tertiary alicyclic amines) is 1. The van der Waals surface area contributed by atoms with Gasteiger partial charge in [0.05, 0.1) is 55.1 Å². The van der Waals surface area contributed by atoms with Crippen LogP contribution in [-0.4, -0.2) is 72.2 Å². The fourth-order valence-corrected chi connectivity index (χ4v) is 4.29. The molecule has 0 spiro atoms. The lowest BCUT2D eigenvalue weighted by Gasteiger charge is -2.29. The van der Waals surface area contributed by atoms with Crippen molar-refractivity contribution in [3.05, 3.63) is 53.1 Å². The van der Waals surface area contributed by atoms with E-state index >= 15 is 0 Å². The molecule has 0 aliphatic carbocycles. The minimum absolute atomic E-state index is 0.133. The molecule has 1 heterocycles. The van der Waals surface area contributed by atoms with Crippen molar-refractivity contribution >= 4 is 17.4 Å². The topological polar surface area (TPSA) is 102 Å². The number of quaternary nitrogens is 1. The maximum atomic E-state index is 13.7. The van der Waals surface area contributed by atoms with Crippen LogP contribution in [0.2, 0.25) is 0 Å². The van der Waals surface area contributed by atoms with E-state index < -0.39 is 23.5 Å². The molecule has 0 saturated carbocycles. The highest BCUT2D eigenvalue weighted by molar-refractivity contribution is 6.46. The Balaban J connectivity index is 2.22. The Bertz CT molecular complexity index is 1130. The molecule has 0 bridgehead atoms. The van der Waals surface area contributed by atoms with E-state index in [1.165, 1.54) is 44.3 Å². The number of methoxy groups -OCH3 is 4. The maximum absolute atomic E-state index is 13.7. The van der Waals surface area contributed by atoms with Crippen molar-refractivity contribution in [2.24, 2.45) is 0 Å². The lowest BCUT2D eigenvalue weighted by Crippen LogP contribution is -3.05. The number of nitrogens with zero attached hydrogens (tertiary/aromatic N) is 1. The minimum atomic E-state index is -0.919. The summed E-state index contributed by atoms with van der Waals surface area (Å²) < 4.78 is 21.6. The molecule has 9 heteroatoms. The molecule has 1 N–H and O–H groups in total. The van der Waals surface area contributed by atoms with Crippen molar-refractivity contribution in [3.63, 3.8) is 0 Å². The number of para-hydroxylation sites is 1. The summed E-state index contributed by atoms with van der Waals surface area (Å²) in [7, 11) is 9.96. The number of ether oxygens (including phenoxy) is 4. The van der Waals surface area contributed by atoms with E-state index in [1.807, 2.05) is 14.1 Å². The van der Waals surface area contributed by atoms with Gasteiger partial charge in [0.25, 0.3) is 5.91 Å². The Hall–Kier alpha value is -3.72. The van der Waals surface area contributed by atoms with E-state index in [9.17, 15) is 14.7 Å². The quantitative estimate of drug-likeness (QED) is 0.297. The standard InChI is InChI=1S/C26H32N2O7/c1-27(2)13-8-14-28-22(17-9-7-10-19(33-4)25(17)35-6)21(24(30)26(28)31)23(29)16-11-12-18(32-3)20(15-16)34-5/h7,9-12,15,22,29H,8,13-14H2,1-6H3/b23-21+. The lowest BCUT2D eigenvalue weighted by atomic mass is 9.94. The van der Waals surface area contributed by atoms with Crippen LogP contribution in [0.5, 0.6) is 23.0 Å². The van der Waals surface area contributed by atoms with Crippen LogP contribution in [0.1, 0.15) is 23.6 Å². The van der Waals surface area contributed by atoms with Crippen LogP contribution in [0.15, 0.2) is 42.0 Å². The summed E-state index contributed by atoms with van der Waals surface area (Å²) in [5.41, 5.74) is 0.586. The molecule has 188 valence electrons. The van der Waals surface area contributed by atoms with Crippen LogP contribution in [0, 0.1) is 0 Å². The highest BCUT2D eigenvalue weighted by atomic mass is 16.5. The van der Waals surface area contributed by atoms with Crippen LogP contribution in [0.3, 0.4) is 0 Å². The van der Waals surface area contributed by atoms with Crippen LogP contribution < -0.4 is 29.0 Å². The predicted molar refractivity (Wildman–Crippen MR) is 128 cm³/mol. The minimum Gasteiger partial charge on any atom is -0.872 e. The van der Waals surface area contributed by atoms with Gasteiger partial charge in [-0.15, -0.1) is 0 Å². The number of ketones is 1. The van der Waals surface area contributed by atoms with E-state index in [1.54, 1.807) is 30.3 Å². The summed E-state index contributed by atoms with van der Waals surface area (Å²) in [6.45, 7) is 1.10. The Morgan fingerprint density at radius 3 is 2.23 bits per heavy atom. The molecule has 1 saturated heterocycles. The van der Waals surface area contributed by atoms with E-state index in [-0.39, 0.29) is 11.1 Å². The molecule has 2 aromatic rings. The molecule has 3 rings (SSSR count). The van der Waals surface area contributed by atoms with E-state index in [2.05, 4.69) is 0 Å². The fraction of sp³-hybridized carbons (Fsp3) is 0.385. The second kappa shape index (κ2) is 11.1. The number of nitrogens with one attached hydrogen (secondary N) is 1. The zero-order valence-corrected chi connectivity index (χ0v) is 21.0. The summed E-state index contributed by atoms with van der Waals surface area (Å²) in [6.07, 6.45) is 0.655. The van der Waals surface area contributed by atoms with Gasteiger partial charge in [-0.3, -0.25) is 9.59 Å². The number of Topliss-reactive ketones (excluding diaryl/α,β-unsaturated/α-hetero) is 1. The molecule has 9 nitrogen and oxygen atoms in total. The first-order chi connectivity index (χ1) is 16.8. The molecule has 1 unspecified atom stereocenters. The Morgan fingerprint density at radius 1 is 0.943 bits per heavy atom. The fourth-order valence-electron chi connectivity index (χ4n) is 4.29. The van der Waals surface area contributed by atoms with Crippen LogP contribution >= 0.6 is 0 Å². The average Bonchev–Trinajstić information content (AvgIpc) is 3.11. The smallest absolute Gasteiger partial charge is 0.295 e. The SMILES string of the molecule is COc1ccc(/C([O-])=C2\C(=O)C(=O)N(CCC[NH+](C)C)C2c2cccc(OC)c2OC)cc1OC. The van der Waals surface area contributed by atoms with Crippen LogP contribution in [-0.2, 0) is 9.59 Å². The van der Waals surface area contributed by atoms with Crippen LogP contribution in [0.4, 0.5) is 0 Å². The molecule has 1 atom stereocenters. The number of hydrogen-bond acceptors (Lipinski definition) is 7. The molecule has 1 aliphatic rings. The molecular formula is C26H32N2O7. The third-order valence-corrected chi connectivity index (χ3v) is 5.98. The van der Waals surface area contributed by atoms with Gasteiger partial charge in [-0.1, -0.05) is 24.0 Å². The zero-order valence-electron chi connectivity index (χ0n) is 21.0. The first kappa shape index (κ1) is 25.9. The van der Waals surface area contributed by atoms with Crippen molar-refractivity contribution in [1.29, 1.82) is 0 Å². The largest absolute Gasteiger partial charge is 0.872 e. The summed E-state index contributed by atoms with van der Waals surface area (Å²) in [5, 5.41) is 13.7. The van der Waals surface area contributed by atoms with Crippen molar-refractivity contribution in [1.82, 2.24) is 4.90 Å². The molecule has 1 amide bonds. The molecular weight excluding hydrogens is 452 g/mol. The van der Waals surface area contributed by atoms with E-state index in [0.717, 1.165) is 6.54 Å². The normalized spacial score (nSPS) is 17.1. The van der Waals surface area contributed by atoms with Gasteiger partial charge in [0, 0.05) is 24.1 Å². The second-order valence-electron chi connectivity index (χ2n) is 8.44. The van der Waals surface area contributed by atoms with Gasteiger partial charge in [-0.25, -0.2) is 0 Å². The van der Waals surface area contributed by atoms with Gasteiger partial charge in [0.2, 0.25) is 5.78 Å². The number of carbonyl (C=O) groups excluding carboxylic acids is 2. The molecule has 0 aromatic heterocycles. The van der Waals surface area contributed by atoms with Crippen molar-refractivity contribution in [2.75, 3.05) is 55.6 Å². The third-order valence-electron chi connectivity index (χ3n) is 5.98. The Morgan fingerprint density at radius 2 is 1.63 bits per heavy atom. The molecule has 1 fully saturated rings. The molecule has 1 aliphatic heterocycles. The highest BCUT2D eigenvalue weighted by Gasteiger charge is 2.45. The summed E-state index contributed by atoms with van der Waals surface area (Å²) >= 11 is 0. The lowest BCUT2D eigenvalue weighted by molar-refractivity contribution is -0.858. The van der Waals surface area contributed by atoms with Gasteiger partial charge in [-0.05, 0) is 23.8 Å². The first-order valence-electron chi connectivity index (χ1n) is 11.3. The first-order valence-corrected chi connectivity index (χ1v) is 11.3. The average molecular weight is 485 g/mol. The van der Waals surface area contributed by atoms with Crippen LogP contribution in [0.25, 0.3) is 5.76 Å². The van der Waals surface area contributed by atoms with Crippen molar-refractivity contribution in [3.8, 4) is 23.0 Å². The monoisotopic (exact) mass is 484 g/mol. The molecule has 0 radical (unpaired) electrons. The number of hydrogen-bond donors (Lipinski definition) is 1. The van der Waals surface area contributed by atoms with Gasteiger partial charge in [0.15, 0.2) is 23.0 Å². The highest BCUT2D eigenvalue weighted by Crippen LogP contribution is 2.45. The van der Waals surface area contributed by atoms with Gasteiger partial charge < -0.3 is 33.9 Å². The number of carbonyl (C=O) groups is 2. The summed E-state index contributed by atoms with van der Waals surface area (Å²) in [4.78, 5) is 29.1. The third kappa shape index (κ3) is 5.05. The van der Waals surface area contributed by atoms with E-state index in [4.69, 9.17) is 18.9 Å². The molecule has 2 aromatic carbocycles. The second-order valence-corrected chi connectivity index (χ2v) is 8.44. The summed E-state index contributed by atoms with van der Waals surface area (Å²) in [5.74, 6) is -0.497. The van der Waals surface area contributed by atoms with E-state index in [0.29, 0.717) is 41.5 Å². The number of rotatable bonds is 10. The number of benzene rings is 2. The maximum Gasteiger partial charge on any atom is 0.295 e. The predicted octanol–water partition coefficient (Wildman–Crippen LogP) is 0.480. The summed E-state index contributed by atoms with van der Waals surface area (Å²) in [6, 6.07) is 8.92. The van der Waals surface area contributed by atoms with Gasteiger partial charge in [-0.2, -0.15) is 0 Å².